The minimum atomic E-state index is -0.161. The zero-order valence-electron chi connectivity index (χ0n) is 11.5. The molecule has 5 heteroatoms. The maximum Gasteiger partial charge on any atom is 0.130 e. The quantitative estimate of drug-likeness (QED) is 0.936. The minimum absolute atomic E-state index is 0.161. The summed E-state index contributed by atoms with van der Waals surface area (Å²) >= 11 is 0. The van der Waals surface area contributed by atoms with Crippen LogP contribution in [0.4, 0.5) is 10.1 Å². The van der Waals surface area contributed by atoms with Gasteiger partial charge in [0.1, 0.15) is 11.6 Å². The van der Waals surface area contributed by atoms with Gasteiger partial charge in [-0.1, -0.05) is 6.07 Å². The number of aromatic nitrogens is 2. The van der Waals surface area contributed by atoms with E-state index in [9.17, 15) is 4.39 Å². The van der Waals surface area contributed by atoms with Crippen molar-refractivity contribution in [1.29, 1.82) is 0 Å². The number of rotatable bonds is 3. The molecule has 1 fully saturated rings. The molecule has 1 N–H and O–H groups in total. The van der Waals surface area contributed by atoms with Gasteiger partial charge in [-0.2, -0.15) is 5.10 Å². The van der Waals surface area contributed by atoms with Gasteiger partial charge in [-0.3, -0.25) is 5.10 Å². The lowest BCUT2D eigenvalue weighted by atomic mass is 9.89. The van der Waals surface area contributed by atoms with E-state index in [2.05, 4.69) is 15.1 Å². The van der Waals surface area contributed by atoms with Gasteiger partial charge >= 0.3 is 0 Å². The molecular weight excluding hydrogens is 257 g/mol. The molecule has 20 heavy (non-hydrogen) atoms. The van der Waals surface area contributed by atoms with Crippen LogP contribution < -0.4 is 9.64 Å². The summed E-state index contributed by atoms with van der Waals surface area (Å²) in [5.41, 5.74) is 1.91. The van der Waals surface area contributed by atoms with Crippen molar-refractivity contribution in [2.24, 2.45) is 0 Å². The van der Waals surface area contributed by atoms with Gasteiger partial charge in [0.15, 0.2) is 0 Å². The number of benzene rings is 1. The molecule has 0 radical (unpaired) electrons. The molecule has 1 aromatic carbocycles. The van der Waals surface area contributed by atoms with Crippen LogP contribution in [0.25, 0.3) is 0 Å². The Labute approximate surface area is 117 Å². The van der Waals surface area contributed by atoms with Crippen molar-refractivity contribution in [1.82, 2.24) is 10.2 Å². The van der Waals surface area contributed by atoms with Crippen LogP contribution in [-0.4, -0.2) is 30.4 Å². The van der Waals surface area contributed by atoms with Crippen molar-refractivity contribution >= 4 is 5.69 Å². The van der Waals surface area contributed by atoms with Gasteiger partial charge in [0.05, 0.1) is 19.0 Å². The Morgan fingerprint density at radius 2 is 2.15 bits per heavy atom. The molecule has 0 unspecified atom stereocenters. The number of H-pyrrole nitrogens is 1. The topological polar surface area (TPSA) is 41.1 Å². The summed E-state index contributed by atoms with van der Waals surface area (Å²) in [6.07, 6.45) is 5.63. The molecule has 0 atom stereocenters. The molecule has 1 aliphatic rings. The predicted molar refractivity (Wildman–Crippen MR) is 75.7 cm³/mol. The highest BCUT2D eigenvalue weighted by Gasteiger charge is 2.23. The number of piperidine rings is 1. The molecule has 2 aromatic rings. The van der Waals surface area contributed by atoms with Crippen molar-refractivity contribution in [2.75, 3.05) is 25.1 Å². The summed E-state index contributed by atoms with van der Waals surface area (Å²) in [6, 6.07) is 5.16. The van der Waals surface area contributed by atoms with Crippen LogP contribution >= 0.6 is 0 Å². The molecule has 0 bridgehead atoms. The van der Waals surface area contributed by atoms with Crippen molar-refractivity contribution in [3.63, 3.8) is 0 Å². The third-order valence-corrected chi connectivity index (χ3v) is 3.99. The number of methoxy groups -OCH3 is 1. The average Bonchev–Trinajstić information content (AvgIpc) is 3.01. The van der Waals surface area contributed by atoms with E-state index in [1.807, 2.05) is 24.5 Å². The number of hydrogen-bond acceptors (Lipinski definition) is 3. The zero-order valence-corrected chi connectivity index (χ0v) is 11.5. The van der Waals surface area contributed by atoms with E-state index < -0.39 is 0 Å². The number of hydrogen-bond donors (Lipinski definition) is 1. The lowest BCUT2D eigenvalue weighted by Crippen LogP contribution is -2.32. The van der Waals surface area contributed by atoms with Crippen LogP contribution in [0.3, 0.4) is 0 Å². The third kappa shape index (κ3) is 2.48. The van der Waals surface area contributed by atoms with Gasteiger partial charge in [-0.25, -0.2) is 4.39 Å². The van der Waals surface area contributed by atoms with E-state index in [1.165, 1.54) is 6.07 Å². The summed E-state index contributed by atoms with van der Waals surface area (Å²) in [5.74, 6) is 0.692. The fourth-order valence-electron chi connectivity index (χ4n) is 2.83. The Balaban J connectivity index is 1.69. The molecule has 106 valence electrons. The van der Waals surface area contributed by atoms with Crippen LogP contribution in [0, 0.1) is 5.82 Å². The summed E-state index contributed by atoms with van der Waals surface area (Å²) in [7, 11) is 1.55. The van der Waals surface area contributed by atoms with Gasteiger partial charge in [-0.15, -0.1) is 0 Å². The Hall–Kier alpha value is -2.04. The van der Waals surface area contributed by atoms with Crippen LogP contribution in [0.1, 0.15) is 24.3 Å². The monoisotopic (exact) mass is 275 g/mol. The summed E-state index contributed by atoms with van der Waals surface area (Å²) in [4.78, 5) is 2.28. The molecular formula is C15H18FN3O. The number of nitrogens with zero attached hydrogens (tertiary/aromatic N) is 2. The summed E-state index contributed by atoms with van der Waals surface area (Å²) in [5, 5.41) is 6.79. The van der Waals surface area contributed by atoms with Crippen LogP contribution in [0.5, 0.6) is 5.75 Å². The van der Waals surface area contributed by atoms with E-state index in [4.69, 9.17) is 4.74 Å². The molecule has 1 saturated heterocycles. The van der Waals surface area contributed by atoms with Gasteiger partial charge in [0.2, 0.25) is 0 Å². The highest BCUT2D eigenvalue weighted by atomic mass is 19.1. The highest BCUT2D eigenvalue weighted by Crippen LogP contribution is 2.32. The first kappa shape index (κ1) is 13.0. The van der Waals surface area contributed by atoms with Gasteiger partial charge in [-0.05, 0) is 30.4 Å². The molecule has 2 heterocycles. The molecule has 1 aliphatic heterocycles. The standard InChI is InChI=1S/C15H18FN3O/c1-20-13-2-3-14(15(16)8-13)11-4-6-19(7-5-11)12-9-17-18-10-12/h2-3,8-11H,4-7H2,1H3,(H,17,18). The second-order valence-corrected chi connectivity index (χ2v) is 5.11. The smallest absolute Gasteiger partial charge is 0.130 e. The maximum absolute atomic E-state index is 14.1. The predicted octanol–water partition coefficient (Wildman–Crippen LogP) is 2.94. The van der Waals surface area contributed by atoms with E-state index in [1.54, 1.807) is 7.11 Å². The molecule has 0 aliphatic carbocycles. The number of nitrogens with one attached hydrogen (secondary N) is 1. The lowest BCUT2D eigenvalue weighted by molar-refractivity contribution is 0.408. The van der Waals surface area contributed by atoms with Crippen LogP contribution in [0.2, 0.25) is 0 Å². The largest absolute Gasteiger partial charge is 0.497 e. The van der Waals surface area contributed by atoms with Gasteiger partial charge in [0.25, 0.3) is 0 Å². The van der Waals surface area contributed by atoms with Crippen molar-refractivity contribution in [3.8, 4) is 5.75 Å². The van der Waals surface area contributed by atoms with Crippen molar-refractivity contribution in [2.45, 2.75) is 18.8 Å². The maximum atomic E-state index is 14.1. The highest BCUT2D eigenvalue weighted by molar-refractivity contribution is 5.43. The van der Waals surface area contributed by atoms with Crippen LogP contribution in [-0.2, 0) is 0 Å². The summed E-state index contributed by atoms with van der Waals surface area (Å²) in [6.45, 7) is 1.85. The molecule has 0 spiro atoms. The Morgan fingerprint density at radius 1 is 1.35 bits per heavy atom. The molecule has 4 nitrogen and oxygen atoms in total. The van der Waals surface area contributed by atoms with Crippen molar-refractivity contribution < 1.29 is 9.13 Å². The number of ether oxygens (including phenoxy) is 1. The van der Waals surface area contributed by atoms with E-state index >= 15 is 0 Å². The van der Waals surface area contributed by atoms with E-state index in [-0.39, 0.29) is 11.7 Å². The first-order valence-electron chi connectivity index (χ1n) is 6.85. The second kappa shape index (κ2) is 5.53. The second-order valence-electron chi connectivity index (χ2n) is 5.11. The Bertz CT molecular complexity index is 563. The normalized spacial score (nSPS) is 16.4. The minimum Gasteiger partial charge on any atom is -0.497 e. The first-order valence-corrected chi connectivity index (χ1v) is 6.85. The average molecular weight is 275 g/mol. The number of halogens is 1. The van der Waals surface area contributed by atoms with Gasteiger partial charge < -0.3 is 9.64 Å². The Kier molecular flexibility index (Phi) is 3.58. The molecule has 1 aromatic heterocycles. The fourth-order valence-corrected chi connectivity index (χ4v) is 2.83. The Morgan fingerprint density at radius 3 is 2.75 bits per heavy atom. The molecule has 3 rings (SSSR count). The van der Waals surface area contributed by atoms with Crippen LogP contribution in [0.15, 0.2) is 30.6 Å². The lowest BCUT2D eigenvalue weighted by Gasteiger charge is -2.33. The van der Waals surface area contributed by atoms with E-state index in [0.717, 1.165) is 37.2 Å². The van der Waals surface area contributed by atoms with Gasteiger partial charge in [0, 0.05) is 25.4 Å². The molecule has 0 saturated carbocycles. The molecule has 0 amide bonds. The first-order chi connectivity index (χ1) is 9.78. The van der Waals surface area contributed by atoms with Crippen molar-refractivity contribution in [3.05, 3.63) is 42.0 Å². The summed E-state index contributed by atoms with van der Waals surface area (Å²) < 4.78 is 19.1. The number of aromatic amines is 1. The fraction of sp³-hybridized carbons (Fsp3) is 0.400. The number of anilines is 1. The zero-order chi connectivity index (χ0) is 13.9. The van der Waals surface area contributed by atoms with E-state index in [0.29, 0.717) is 5.75 Å². The third-order valence-electron chi connectivity index (χ3n) is 3.99. The SMILES string of the molecule is COc1ccc(C2CCN(c3cn[nH]c3)CC2)c(F)c1.